The molecule has 0 atom stereocenters. The van der Waals surface area contributed by atoms with E-state index >= 15 is 0 Å². The van der Waals surface area contributed by atoms with Crippen LogP contribution in [0.1, 0.15) is 0 Å². The zero-order chi connectivity index (χ0) is 10.8. The summed E-state index contributed by atoms with van der Waals surface area (Å²) in [5.41, 5.74) is 5.56. The van der Waals surface area contributed by atoms with Gasteiger partial charge in [-0.15, -0.1) is 0 Å². The average molecular weight is 205 g/mol. The van der Waals surface area contributed by atoms with Crippen molar-refractivity contribution in [3.63, 3.8) is 0 Å². The Morgan fingerprint density at radius 1 is 1.33 bits per heavy atom. The molecule has 2 rings (SSSR count). The second-order valence-electron chi connectivity index (χ2n) is 3.02. The summed E-state index contributed by atoms with van der Waals surface area (Å²) in [6.45, 7) is 0. The van der Waals surface area contributed by atoms with Crippen LogP contribution in [0.15, 0.2) is 35.1 Å². The number of anilines is 1. The van der Waals surface area contributed by atoms with Crippen molar-refractivity contribution >= 4 is 5.69 Å². The molecule has 1 heterocycles. The van der Waals surface area contributed by atoms with Gasteiger partial charge in [0.05, 0.1) is 5.69 Å². The van der Waals surface area contributed by atoms with Crippen LogP contribution in [-0.2, 0) is 0 Å². The molecule has 0 radical (unpaired) electrons. The topological polar surface area (TPSA) is 71.8 Å². The summed E-state index contributed by atoms with van der Waals surface area (Å²) < 4.78 is 13.3. The van der Waals surface area contributed by atoms with Gasteiger partial charge in [-0.3, -0.25) is 4.79 Å². The van der Waals surface area contributed by atoms with Gasteiger partial charge in [0.25, 0.3) is 5.56 Å². The van der Waals surface area contributed by atoms with Crippen LogP contribution in [0.3, 0.4) is 0 Å². The molecule has 0 aliphatic carbocycles. The van der Waals surface area contributed by atoms with E-state index in [0.29, 0.717) is 11.3 Å². The van der Waals surface area contributed by atoms with Gasteiger partial charge in [0, 0.05) is 5.56 Å². The van der Waals surface area contributed by atoms with Gasteiger partial charge in [-0.1, -0.05) is 12.1 Å². The van der Waals surface area contributed by atoms with Gasteiger partial charge < -0.3 is 5.73 Å². The number of hydrogen-bond donors (Lipinski definition) is 2. The van der Waals surface area contributed by atoms with Gasteiger partial charge in [0.2, 0.25) is 0 Å². The number of aromatic amines is 1. The molecule has 0 saturated heterocycles. The van der Waals surface area contributed by atoms with E-state index in [1.807, 2.05) is 0 Å². The van der Waals surface area contributed by atoms with E-state index in [-0.39, 0.29) is 5.69 Å². The van der Waals surface area contributed by atoms with Gasteiger partial charge >= 0.3 is 0 Å². The van der Waals surface area contributed by atoms with Gasteiger partial charge in [-0.2, -0.15) is 5.10 Å². The van der Waals surface area contributed by atoms with Crippen molar-refractivity contribution in [2.24, 2.45) is 0 Å². The zero-order valence-electron chi connectivity index (χ0n) is 7.70. The first kappa shape index (κ1) is 9.39. The molecule has 5 heteroatoms. The quantitative estimate of drug-likeness (QED) is 0.733. The van der Waals surface area contributed by atoms with Crippen LogP contribution in [0.4, 0.5) is 10.1 Å². The monoisotopic (exact) mass is 205 g/mol. The van der Waals surface area contributed by atoms with Gasteiger partial charge in [-0.25, -0.2) is 9.49 Å². The predicted molar refractivity (Wildman–Crippen MR) is 54.7 cm³/mol. The standard InChI is InChI=1S/C10H8FN3O/c11-7-4-2-1-3-6(7)9-5-8(12)10(15)14-13-9/h1-5H,(H2,12,13)(H,14,15). The van der Waals surface area contributed by atoms with E-state index < -0.39 is 11.4 Å². The average Bonchev–Trinajstić information content (AvgIpc) is 2.23. The predicted octanol–water partition coefficient (Wildman–Crippen LogP) is 1.16. The summed E-state index contributed by atoms with van der Waals surface area (Å²) in [6, 6.07) is 7.49. The van der Waals surface area contributed by atoms with Crippen LogP contribution in [0.5, 0.6) is 0 Å². The lowest BCUT2D eigenvalue weighted by atomic mass is 10.1. The van der Waals surface area contributed by atoms with Crippen LogP contribution in [0.25, 0.3) is 11.3 Å². The third-order valence-corrected chi connectivity index (χ3v) is 1.98. The van der Waals surface area contributed by atoms with Crippen molar-refractivity contribution in [3.8, 4) is 11.3 Å². The Kier molecular flexibility index (Phi) is 2.21. The molecule has 3 N–H and O–H groups in total. The molecular weight excluding hydrogens is 197 g/mol. The van der Waals surface area contributed by atoms with E-state index in [9.17, 15) is 9.18 Å². The zero-order valence-corrected chi connectivity index (χ0v) is 7.70. The van der Waals surface area contributed by atoms with Gasteiger partial charge in [0.1, 0.15) is 11.5 Å². The number of nitrogen functional groups attached to an aromatic ring is 1. The Morgan fingerprint density at radius 2 is 2.07 bits per heavy atom. The molecule has 1 aromatic carbocycles. The molecule has 2 aromatic rings. The Labute approximate surface area is 84.6 Å². The highest BCUT2D eigenvalue weighted by Gasteiger charge is 2.06. The lowest BCUT2D eigenvalue weighted by Crippen LogP contribution is -2.13. The molecule has 0 aliphatic heterocycles. The van der Waals surface area contributed by atoms with Gasteiger partial charge in [0.15, 0.2) is 0 Å². The fourth-order valence-electron chi connectivity index (χ4n) is 1.23. The number of benzene rings is 1. The minimum atomic E-state index is -0.477. The first-order valence-electron chi connectivity index (χ1n) is 4.28. The van der Waals surface area contributed by atoms with Crippen molar-refractivity contribution in [1.29, 1.82) is 0 Å². The smallest absolute Gasteiger partial charge is 0.287 e. The maximum atomic E-state index is 13.3. The van der Waals surface area contributed by atoms with Crippen LogP contribution in [0, 0.1) is 5.82 Å². The van der Waals surface area contributed by atoms with E-state index in [2.05, 4.69) is 10.2 Å². The summed E-state index contributed by atoms with van der Waals surface area (Å²) in [5, 5.41) is 5.91. The number of nitrogens with two attached hydrogens (primary N) is 1. The number of halogens is 1. The molecule has 0 spiro atoms. The third kappa shape index (κ3) is 1.71. The number of nitrogens with one attached hydrogen (secondary N) is 1. The fourth-order valence-corrected chi connectivity index (χ4v) is 1.23. The Morgan fingerprint density at radius 3 is 2.73 bits per heavy atom. The molecule has 0 amide bonds. The number of nitrogens with zero attached hydrogens (tertiary/aromatic N) is 1. The first-order chi connectivity index (χ1) is 7.18. The SMILES string of the molecule is Nc1cc(-c2ccccc2F)n[nH]c1=O. The molecule has 15 heavy (non-hydrogen) atoms. The normalized spacial score (nSPS) is 10.2. The first-order valence-corrected chi connectivity index (χ1v) is 4.28. The highest BCUT2D eigenvalue weighted by atomic mass is 19.1. The van der Waals surface area contributed by atoms with Crippen molar-refractivity contribution in [3.05, 3.63) is 46.5 Å². The molecule has 0 saturated carbocycles. The maximum Gasteiger partial charge on any atom is 0.287 e. The largest absolute Gasteiger partial charge is 0.394 e. The Balaban J connectivity index is 2.60. The number of H-pyrrole nitrogens is 1. The van der Waals surface area contributed by atoms with Crippen molar-refractivity contribution in [2.75, 3.05) is 5.73 Å². The van der Waals surface area contributed by atoms with E-state index in [4.69, 9.17) is 5.73 Å². The molecule has 76 valence electrons. The molecule has 4 nitrogen and oxygen atoms in total. The molecular formula is C10H8FN3O. The second-order valence-corrected chi connectivity index (χ2v) is 3.02. The van der Waals surface area contributed by atoms with E-state index in [1.54, 1.807) is 18.2 Å². The number of rotatable bonds is 1. The minimum absolute atomic E-state index is 0.0169. The Bertz CT molecular complexity index is 550. The summed E-state index contributed by atoms with van der Waals surface area (Å²) in [7, 11) is 0. The summed E-state index contributed by atoms with van der Waals surface area (Å²) in [5.74, 6) is -0.406. The summed E-state index contributed by atoms with van der Waals surface area (Å²) in [6.07, 6.45) is 0. The third-order valence-electron chi connectivity index (χ3n) is 1.98. The fraction of sp³-hybridized carbons (Fsp3) is 0. The molecule has 0 bridgehead atoms. The lowest BCUT2D eigenvalue weighted by molar-refractivity contribution is 0.630. The van der Waals surface area contributed by atoms with Crippen molar-refractivity contribution in [2.45, 2.75) is 0 Å². The minimum Gasteiger partial charge on any atom is -0.394 e. The molecule has 1 aromatic heterocycles. The molecule has 0 unspecified atom stereocenters. The molecule has 0 fully saturated rings. The highest BCUT2D eigenvalue weighted by molar-refractivity contribution is 5.62. The van der Waals surface area contributed by atoms with Gasteiger partial charge in [-0.05, 0) is 18.2 Å². The van der Waals surface area contributed by atoms with E-state index in [0.717, 1.165) is 0 Å². The highest BCUT2D eigenvalue weighted by Crippen LogP contribution is 2.19. The van der Waals surface area contributed by atoms with Crippen LogP contribution >= 0.6 is 0 Å². The van der Waals surface area contributed by atoms with Crippen LogP contribution in [-0.4, -0.2) is 10.2 Å². The Hall–Kier alpha value is -2.17. The number of hydrogen-bond acceptors (Lipinski definition) is 3. The summed E-state index contributed by atoms with van der Waals surface area (Å²) >= 11 is 0. The second kappa shape index (κ2) is 3.53. The summed E-state index contributed by atoms with van der Waals surface area (Å²) in [4.78, 5) is 11.0. The van der Waals surface area contributed by atoms with Crippen LogP contribution < -0.4 is 11.3 Å². The van der Waals surface area contributed by atoms with Crippen LogP contribution in [0.2, 0.25) is 0 Å². The lowest BCUT2D eigenvalue weighted by Gasteiger charge is -2.01. The van der Waals surface area contributed by atoms with E-state index in [1.165, 1.54) is 12.1 Å². The van der Waals surface area contributed by atoms with Crippen molar-refractivity contribution < 1.29 is 4.39 Å². The molecule has 0 aliphatic rings. The maximum absolute atomic E-state index is 13.3. The number of aromatic nitrogens is 2. The van der Waals surface area contributed by atoms with Crippen molar-refractivity contribution in [1.82, 2.24) is 10.2 Å².